The predicted octanol–water partition coefficient (Wildman–Crippen LogP) is 1.78. The SMILES string of the molecule is Cc1ccn(CCC(=O)N2CCCC(c3cnccn3)C2)n1. The number of hydrogen-bond acceptors (Lipinski definition) is 4. The van der Waals surface area contributed by atoms with Gasteiger partial charge in [-0.3, -0.25) is 19.4 Å². The Hall–Kier alpha value is -2.24. The number of carbonyl (C=O) groups excluding carboxylic acids is 1. The highest BCUT2D eigenvalue weighted by atomic mass is 16.2. The molecule has 0 aromatic carbocycles. The number of amides is 1. The van der Waals surface area contributed by atoms with E-state index in [0.29, 0.717) is 18.9 Å². The van der Waals surface area contributed by atoms with Gasteiger partial charge in [0.25, 0.3) is 0 Å². The summed E-state index contributed by atoms with van der Waals surface area (Å²) in [5, 5.41) is 4.32. The van der Waals surface area contributed by atoms with E-state index in [-0.39, 0.29) is 5.91 Å². The first-order chi connectivity index (χ1) is 10.7. The van der Waals surface area contributed by atoms with Gasteiger partial charge in [-0.1, -0.05) is 0 Å². The lowest BCUT2D eigenvalue weighted by Crippen LogP contribution is -2.39. The van der Waals surface area contributed by atoms with Gasteiger partial charge in [-0.25, -0.2) is 0 Å². The molecule has 116 valence electrons. The van der Waals surface area contributed by atoms with Crippen molar-refractivity contribution in [2.45, 2.75) is 38.6 Å². The van der Waals surface area contributed by atoms with Crippen molar-refractivity contribution in [3.63, 3.8) is 0 Å². The Morgan fingerprint density at radius 3 is 3.05 bits per heavy atom. The van der Waals surface area contributed by atoms with E-state index in [0.717, 1.165) is 37.3 Å². The quantitative estimate of drug-likeness (QED) is 0.863. The molecule has 0 bridgehead atoms. The van der Waals surface area contributed by atoms with Gasteiger partial charge in [0.15, 0.2) is 0 Å². The molecule has 1 aliphatic heterocycles. The largest absolute Gasteiger partial charge is 0.342 e. The molecule has 3 heterocycles. The van der Waals surface area contributed by atoms with Crippen molar-refractivity contribution in [2.24, 2.45) is 0 Å². The first-order valence-corrected chi connectivity index (χ1v) is 7.76. The molecule has 1 amide bonds. The summed E-state index contributed by atoms with van der Waals surface area (Å²) in [6.07, 6.45) is 9.72. The van der Waals surface area contributed by atoms with Gasteiger partial charge in [-0.15, -0.1) is 0 Å². The van der Waals surface area contributed by atoms with Gasteiger partial charge in [0.2, 0.25) is 5.91 Å². The third kappa shape index (κ3) is 3.50. The van der Waals surface area contributed by atoms with Crippen molar-refractivity contribution in [2.75, 3.05) is 13.1 Å². The second-order valence-corrected chi connectivity index (χ2v) is 5.78. The summed E-state index contributed by atoms with van der Waals surface area (Å²) < 4.78 is 1.83. The maximum atomic E-state index is 12.4. The van der Waals surface area contributed by atoms with E-state index < -0.39 is 0 Å². The van der Waals surface area contributed by atoms with Crippen molar-refractivity contribution in [1.82, 2.24) is 24.6 Å². The van der Waals surface area contributed by atoms with Crippen LogP contribution in [-0.4, -0.2) is 43.6 Å². The number of hydrogen-bond donors (Lipinski definition) is 0. The van der Waals surface area contributed by atoms with E-state index in [4.69, 9.17) is 0 Å². The van der Waals surface area contributed by atoms with Crippen molar-refractivity contribution in [3.8, 4) is 0 Å². The molecule has 1 saturated heterocycles. The molecule has 1 fully saturated rings. The maximum Gasteiger partial charge on any atom is 0.224 e. The molecule has 22 heavy (non-hydrogen) atoms. The Bertz CT molecular complexity index is 624. The molecule has 2 aromatic heterocycles. The zero-order chi connectivity index (χ0) is 15.4. The molecule has 0 N–H and O–H groups in total. The standard InChI is InChI=1S/C16H21N5O/c1-13-4-9-21(19-13)10-5-16(22)20-8-2-3-14(12-20)15-11-17-6-7-18-15/h4,6-7,9,11,14H,2-3,5,8,10,12H2,1H3. The molecule has 6 nitrogen and oxygen atoms in total. The number of carbonyl (C=O) groups is 1. The lowest BCUT2D eigenvalue weighted by Gasteiger charge is -2.32. The fraction of sp³-hybridized carbons (Fsp3) is 0.500. The molecule has 0 radical (unpaired) electrons. The van der Waals surface area contributed by atoms with Crippen LogP contribution in [0.3, 0.4) is 0 Å². The molecule has 0 aliphatic carbocycles. The van der Waals surface area contributed by atoms with Crippen LogP contribution < -0.4 is 0 Å². The number of nitrogens with zero attached hydrogens (tertiary/aromatic N) is 5. The van der Waals surface area contributed by atoms with E-state index in [1.54, 1.807) is 12.4 Å². The summed E-state index contributed by atoms with van der Waals surface area (Å²) in [5.74, 6) is 0.500. The molecular weight excluding hydrogens is 278 g/mol. The minimum absolute atomic E-state index is 0.196. The topological polar surface area (TPSA) is 63.9 Å². The van der Waals surface area contributed by atoms with Crippen LogP contribution in [0.4, 0.5) is 0 Å². The van der Waals surface area contributed by atoms with Crippen molar-refractivity contribution >= 4 is 5.91 Å². The Labute approximate surface area is 130 Å². The molecule has 2 aromatic rings. The monoisotopic (exact) mass is 299 g/mol. The van der Waals surface area contributed by atoms with Crippen LogP contribution >= 0.6 is 0 Å². The van der Waals surface area contributed by atoms with E-state index in [2.05, 4.69) is 15.1 Å². The summed E-state index contributed by atoms with van der Waals surface area (Å²) in [4.78, 5) is 22.9. The van der Waals surface area contributed by atoms with E-state index in [1.165, 1.54) is 0 Å². The average molecular weight is 299 g/mol. The summed E-state index contributed by atoms with van der Waals surface area (Å²) in [6, 6.07) is 1.95. The number of piperidine rings is 1. The minimum Gasteiger partial charge on any atom is -0.342 e. The van der Waals surface area contributed by atoms with Gasteiger partial charge in [0.1, 0.15) is 0 Å². The van der Waals surface area contributed by atoms with Crippen molar-refractivity contribution in [1.29, 1.82) is 0 Å². The maximum absolute atomic E-state index is 12.4. The Balaban J connectivity index is 1.56. The molecule has 0 saturated carbocycles. The number of aromatic nitrogens is 4. The summed E-state index contributed by atoms with van der Waals surface area (Å²) in [6.45, 7) is 4.18. The van der Waals surface area contributed by atoms with Crippen LogP contribution in [0.2, 0.25) is 0 Å². The van der Waals surface area contributed by atoms with Gasteiger partial charge in [-0.05, 0) is 25.8 Å². The molecule has 3 rings (SSSR count). The van der Waals surface area contributed by atoms with Crippen LogP contribution in [0.5, 0.6) is 0 Å². The van der Waals surface area contributed by atoms with E-state index >= 15 is 0 Å². The van der Waals surface area contributed by atoms with Crippen LogP contribution in [0.25, 0.3) is 0 Å². The normalized spacial score (nSPS) is 18.4. The Morgan fingerprint density at radius 2 is 2.32 bits per heavy atom. The van der Waals surface area contributed by atoms with Gasteiger partial charge in [0, 0.05) is 56.8 Å². The third-order valence-electron chi connectivity index (χ3n) is 4.10. The molecular formula is C16H21N5O. The zero-order valence-electron chi connectivity index (χ0n) is 12.9. The highest BCUT2D eigenvalue weighted by Crippen LogP contribution is 2.25. The lowest BCUT2D eigenvalue weighted by atomic mass is 9.95. The van der Waals surface area contributed by atoms with Crippen LogP contribution in [0.15, 0.2) is 30.9 Å². The van der Waals surface area contributed by atoms with Crippen LogP contribution in [0.1, 0.15) is 36.6 Å². The lowest BCUT2D eigenvalue weighted by molar-refractivity contribution is -0.132. The highest BCUT2D eigenvalue weighted by molar-refractivity contribution is 5.76. The smallest absolute Gasteiger partial charge is 0.224 e. The van der Waals surface area contributed by atoms with Gasteiger partial charge >= 0.3 is 0 Å². The van der Waals surface area contributed by atoms with Crippen molar-refractivity contribution in [3.05, 3.63) is 42.2 Å². The predicted molar refractivity (Wildman–Crippen MR) is 82.2 cm³/mol. The molecule has 0 spiro atoms. The highest BCUT2D eigenvalue weighted by Gasteiger charge is 2.25. The Kier molecular flexibility index (Phi) is 4.46. The summed E-state index contributed by atoms with van der Waals surface area (Å²) in [5.41, 5.74) is 1.97. The molecule has 6 heteroatoms. The molecule has 1 aliphatic rings. The molecule has 1 unspecified atom stereocenters. The fourth-order valence-electron chi connectivity index (χ4n) is 2.92. The van der Waals surface area contributed by atoms with Crippen LogP contribution in [-0.2, 0) is 11.3 Å². The van der Waals surface area contributed by atoms with Crippen molar-refractivity contribution < 1.29 is 4.79 Å². The van der Waals surface area contributed by atoms with Crippen LogP contribution in [0, 0.1) is 6.92 Å². The van der Waals surface area contributed by atoms with Gasteiger partial charge in [-0.2, -0.15) is 5.10 Å². The molecule has 1 atom stereocenters. The second-order valence-electron chi connectivity index (χ2n) is 5.78. The fourth-order valence-corrected chi connectivity index (χ4v) is 2.92. The number of likely N-dealkylation sites (tertiary alicyclic amines) is 1. The Morgan fingerprint density at radius 1 is 1.41 bits per heavy atom. The van der Waals surface area contributed by atoms with Gasteiger partial charge < -0.3 is 4.90 Å². The first-order valence-electron chi connectivity index (χ1n) is 7.76. The average Bonchev–Trinajstić information content (AvgIpc) is 2.99. The summed E-state index contributed by atoms with van der Waals surface area (Å²) >= 11 is 0. The second kappa shape index (κ2) is 6.68. The third-order valence-corrected chi connectivity index (χ3v) is 4.10. The number of rotatable bonds is 4. The minimum atomic E-state index is 0.196. The first kappa shape index (κ1) is 14.7. The van der Waals surface area contributed by atoms with E-state index in [1.807, 2.05) is 35.0 Å². The van der Waals surface area contributed by atoms with Gasteiger partial charge in [0.05, 0.1) is 11.4 Å². The zero-order valence-corrected chi connectivity index (χ0v) is 12.9. The van der Waals surface area contributed by atoms with E-state index in [9.17, 15) is 4.79 Å². The number of aryl methyl sites for hydroxylation is 2. The summed E-state index contributed by atoms with van der Waals surface area (Å²) in [7, 11) is 0.